The van der Waals surface area contributed by atoms with Gasteiger partial charge in [0.2, 0.25) is 0 Å². The molecule has 0 bridgehead atoms. The van der Waals surface area contributed by atoms with Gasteiger partial charge in [-0.15, -0.1) is 0 Å². The smallest absolute Gasteiger partial charge is 0.306 e. The number of aliphatic hydroxyl groups is 1. The van der Waals surface area contributed by atoms with Crippen LogP contribution >= 0.6 is 0 Å². The molecule has 0 aliphatic rings. The highest BCUT2D eigenvalue weighted by atomic mass is 16.6. The molecule has 1 unspecified atom stereocenters. The van der Waals surface area contributed by atoms with E-state index in [0.717, 1.165) is 25.7 Å². The first-order chi connectivity index (χ1) is 19.2. The van der Waals surface area contributed by atoms with Crippen molar-refractivity contribution in [3.8, 4) is 0 Å². The lowest BCUT2D eigenvalue weighted by Crippen LogP contribution is -2.27. The number of hydrogen-bond acceptors (Lipinski definition) is 4. The maximum absolute atomic E-state index is 12.1. The summed E-state index contributed by atoms with van der Waals surface area (Å²) in [6, 6.07) is 0. The molecule has 1 atom stereocenters. The maximum atomic E-state index is 12.1. The third-order valence-corrected chi connectivity index (χ3v) is 7.28. The predicted octanol–water partition coefficient (Wildman–Crippen LogP) is 10.4. The maximum Gasteiger partial charge on any atom is 0.306 e. The standard InChI is InChI=1S/C35H66O4/c1-3-5-7-9-11-13-15-16-17-18-19-20-21-23-25-27-29-31-38-33-34(32-36)39-35(37)30-28-26-24-22-14-12-10-8-6-4-2/h13,15,17-18,34,36H,3-12,14,16,19-33H2,1-2H3/b15-13-,18-17-. The summed E-state index contributed by atoms with van der Waals surface area (Å²) in [5, 5.41) is 9.51. The van der Waals surface area contributed by atoms with E-state index >= 15 is 0 Å². The zero-order valence-electron chi connectivity index (χ0n) is 26.2. The summed E-state index contributed by atoms with van der Waals surface area (Å²) in [6.45, 7) is 5.30. The van der Waals surface area contributed by atoms with Gasteiger partial charge in [-0.3, -0.25) is 4.79 Å². The van der Waals surface area contributed by atoms with Crippen LogP contribution in [0.2, 0.25) is 0 Å². The minimum absolute atomic E-state index is 0.173. The van der Waals surface area contributed by atoms with E-state index in [-0.39, 0.29) is 12.6 Å². The molecular formula is C35H66O4. The number of esters is 1. The molecule has 0 amide bonds. The second-order valence-electron chi connectivity index (χ2n) is 11.2. The summed E-state index contributed by atoms with van der Waals surface area (Å²) >= 11 is 0. The first-order valence-corrected chi connectivity index (χ1v) is 16.9. The van der Waals surface area contributed by atoms with Crippen LogP contribution in [0.25, 0.3) is 0 Å². The van der Waals surface area contributed by atoms with Gasteiger partial charge in [-0.05, 0) is 44.9 Å². The van der Waals surface area contributed by atoms with Crippen LogP contribution in [0, 0.1) is 0 Å². The Morgan fingerprint density at radius 3 is 1.62 bits per heavy atom. The van der Waals surface area contributed by atoms with Crippen molar-refractivity contribution in [2.45, 2.75) is 174 Å². The number of carbonyl (C=O) groups excluding carboxylic acids is 1. The van der Waals surface area contributed by atoms with Gasteiger partial charge in [-0.2, -0.15) is 0 Å². The van der Waals surface area contributed by atoms with Gasteiger partial charge in [0, 0.05) is 13.0 Å². The Morgan fingerprint density at radius 1 is 0.615 bits per heavy atom. The first kappa shape index (κ1) is 37.9. The highest BCUT2D eigenvalue weighted by Gasteiger charge is 2.13. The monoisotopic (exact) mass is 550 g/mol. The average Bonchev–Trinajstić information content (AvgIpc) is 2.94. The van der Waals surface area contributed by atoms with E-state index in [1.807, 2.05) is 0 Å². The van der Waals surface area contributed by atoms with Gasteiger partial charge in [0.25, 0.3) is 0 Å². The zero-order valence-corrected chi connectivity index (χ0v) is 26.2. The number of hydrogen-bond donors (Lipinski definition) is 1. The molecule has 0 radical (unpaired) electrons. The summed E-state index contributed by atoms with van der Waals surface area (Å²) in [7, 11) is 0. The highest BCUT2D eigenvalue weighted by Crippen LogP contribution is 2.12. The van der Waals surface area contributed by atoms with Crippen molar-refractivity contribution >= 4 is 5.97 Å². The van der Waals surface area contributed by atoms with E-state index in [0.29, 0.717) is 19.6 Å². The Balaban J connectivity index is 3.45. The van der Waals surface area contributed by atoms with Crippen LogP contribution in [0.15, 0.2) is 24.3 Å². The zero-order chi connectivity index (χ0) is 28.5. The number of unbranched alkanes of at least 4 members (excludes halogenated alkanes) is 19. The van der Waals surface area contributed by atoms with Crippen molar-refractivity contribution in [1.82, 2.24) is 0 Å². The Bertz CT molecular complexity index is 543. The molecule has 0 saturated heterocycles. The third kappa shape index (κ3) is 31.3. The van der Waals surface area contributed by atoms with Gasteiger partial charge in [-0.25, -0.2) is 0 Å². The van der Waals surface area contributed by atoms with Crippen LogP contribution in [0.5, 0.6) is 0 Å². The second-order valence-corrected chi connectivity index (χ2v) is 11.2. The molecule has 1 N–H and O–H groups in total. The molecule has 0 fully saturated rings. The van der Waals surface area contributed by atoms with Crippen molar-refractivity contribution in [3.05, 3.63) is 24.3 Å². The lowest BCUT2D eigenvalue weighted by Gasteiger charge is -2.15. The molecular weight excluding hydrogens is 484 g/mol. The van der Waals surface area contributed by atoms with Crippen molar-refractivity contribution < 1.29 is 19.4 Å². The summed E-state index contributed by atoms with van der Waals surface area (Å²) in [5.41, 5.74) is 0. The molecule has 39 heavy (non-hydrogen) atoms. The van der Waals surface area contributed by atoms with Crippen molar-refractivity contribution in [3.63, 3.8) is 0 Å². The Morgan fingerprint density at radius 2 is 1.08 bits per heavy atom. The van der Waals surface area contributed by atoms with Crippen LogP contribution in [0.4, 0.5) is 0 Å². The van der Waals surface area contributed by atoms with E-state index < -0.39 is 6.10 Å². The Hall–Kier alpha value is -1.13. The van der Waals surface area contributed by atoms with E-state index in [1.165, 1.54) is 122 Å². The molecule has 0 heterocycles. The second kappa shape index (κ2) is 33.1. The van der Waals surface area contributed by atoms with E-state index in [4.69, 9.17) is 9.47 Å². The molecule has 0 saturated carbocycles. The fourth-order valence-corrected chi connectivity index (χ4v) is 4.71. The Kier molecular flexibility index (Phi) is 32.1. The quantitative estimate of drug-likeness (QED) is 0.0530. The summed E-state index contributed by atoms with van der Waals surface area (Å²) in [4.78, 5) is 12.1. The number of allylic oxidation sites excluding steroid dienone is 4. The van der Waals surface area contributed by atoms with Gasteiger partial charge in [0.05, 0.1) is 13.2 Å². The summed E-state index contributed by atoms with van der Waals surface area (Å²) < 4.78 is 11.1. The molecule has 0 aliphatic heterocycles. The molecule has 4 nitrogen and oxygen atoms in total. The van der Waals surface area contributed by atoms with Crippen LogP contribution in [-0.2, 0) is 14.3 Å². The van der Waals surface area contributed by atoms with Crippen LogP contribution in [-0.4, -0.2) is 37.0 Å². The van der Waals surface area contributed by atoms with E-state index in [2.05, 4.69) is 38.2 Å². The molecule has 0 aromatic heterocycles. The minimum Gasteiger partial charge on any atom is -0.457 e. The highest BCUT2D eigenvalue weighted by molar-refractivity contribution is 5.69. The average molecular weight is 551 g/mol. The van der Waals surface area contributed by atoms with Gasteiger partial charge in [0.1, 0.15) is 6.10 Å². The van der Waals surface area contributed by atoms with Crippen LogP contribution in [0.3, 0.4) is 0 Å². The third-order valence-electron chi connectivity index (χ3n) is 7.28. The topological polar surface area (TPSA) is 55.8 Å². The van der Waals surface area contributed by atoms with Gasteiger partial charge in [-0.1, -0.05) is 141 Å². The van der Waals surface area contributed by atoms with E-state index in [9.17, 15) is 9.90 Å². The van der Waals surface area contributed by atoms with Crippen molar-refractivity contribution in [1.29, 1.82) is 0 Å². The van der Waals surface area contributed by atoms with Crippen LogP contribution in [0.1, 0.15) is 168 Å². The lowest BCUT2D eigenvalue weighted by atomic mass is 10.1. The lowest BCUT2D eigenvalue weighted by molar-refractivity contribution is -0.154. The largest absolute Gasteiger partial charge is 0.457 e. The number of carbonyl (C=O) groups is 1. The van der Waals surface area contributed by atoms with Gasteiger partial charge < -0.3 is 14.6 Å². The molecule has 0 aliphatic carbocycles. The molecule has 0 rings (SSSR count). The number of rotatable bonds is 31. The number of aliphatic hydroxyl groups excluding tert-OH is 1. The van der Waals surface area contributed by atoms with Gasteiger partial charge >= 0.3 is 5.97 Å². The molecule has 230 valence electrons. The van der Waals surface area contributed by atoms with E-state index in [1.54, 1.807) is 0 Å². The fraction of sp³-hybridized carbons (Fsp3) is 0.857. The molecule has 0 aromatic carbocycles. The minimum atomic E-state index is -0.532. The SMILES string of the molecule is CCCCCC/C=C\C/C=C\CCCCCCCCOCC(CO)OC(=O)CCCCCCCCCCCC. The summed E-state index contributed by atoms with van der Waals surface area (Å²) in [5.74, 6) is -0.207. The van der Waals surface area contributed by atoms with Crippen LogP contribution < -0.4 is 0 Å². The summed E-state index contributed by atoms with van der Waals surface area (Å²) in [6.07, 6.45) is 37.8. The number of ether oxygens (including phenoxy) is 2. The van der Waals surface area contributed by atoms with Crippen molar-refractivity contribution in [2.24, 2.45) is 0 Å². The van der Waals surface area contributed by atoms with Crippen molar-refractivity contribution in [2.75, 3.05) is 19.8 Å². The Labute approximate surface area is 243 Å². The molecule has 0 spiro atoms. The van der Waals surface area contributed by atoms with Gasteiger partial charge in [0.15, 0.2) is 0 Å². The fourth-order valence-electron chi connectivity index (χ4n) is 4.71. The molecule has 4 heteroatoms. The normalized spacial score (nSPS) is 12.6. The predicted molar refractivity (Wildman–Crippen MR) is 168 cm³/mol. The first-order valence-electron chi connectivity index (χ1n) is 16.9. The molecule has 0 aromatic rings.